The van der Waals surface area contributed by atoms with Crippen molar-refractivity contribution in [1.29, 1.82) is 0 Å². The van der Waals surface area contributed by atoms with Crippen LogP contribution in [0.4, 0.5) is 0 Å². The molecule has 1 fully saturated rings. The molecule has 0 bridgehead atoms. The Morgan fingerprint density at radius 1 is 1.42 bits per heavy atom. The number of nitrogens with one attached hydrogen (secondary N) is 2. The molecule has 134 valence electrons. The predicted octanol–water partition coefficient (Wildman–Crippen LogP) is 2.74. The summed E-state index contributed by atoms with van der Waals surface area (Å²) in [6.45, 7) is 9.58. The number of nitrogens with zero attached hydrogens (tertiary/aromatic N) is 2. The summed E-state index contributed by atoms with van der Waals surface area (Å²) < 4.78 is 5.39. The Kier molecular flexibility index (Phi) is 6.75. The van der Waals surface area contributed by atoms with Gasteiger partial charge >= 0.3 is 0 Å². The molecule has 2 rings (SSSR count). The largest absolute Gasteiger partial charge is 0.496 e. The smallest absolute Gasteiger partial charge is 0.191 e. The molecule has 0 aliphatic carbocycles. The fourth-order valence-electron chi connectivity index (χ4n) is 3.03. The Bertz CT molecular complexity index is 576. The van der Waals surface area contributed by atoms with E-state index in [1.807, 2.05) is 18.2 Å². The molecule has 2 unspecified atom stereocenters. The van der Waals surface area contributed by atoms with Crippen LogP contribution in [0.25, 0.3) is 0 Å². The predicted molar refractivity (Wildman–Crippen MR) is 101 cm³/mol. The number of likely N-dealkylation sites (tertiary alicyclic amines) is 1. The number of methoxy groups -OCH3 is 1. The molecule has 0 spiro atoms. The summed E-state index contributed by atoms with van der Waals surface area (Å²) in [5, 5.41) is 7.59. The monoisotopic (exact) mass is 352 g/mol. The minimum absolute atomic E-state index is 0.408. The van der Waals surface area contributed by atoms with E-state index in [-0.39, 0.29) is 0 Å². The van der Waals surface area contributed by atoms with Crippen molar-refractivity contribution in [3.63, 3.8) is 0 Å². The van der Waals surface area contributed by atoms with Crippen molar-refractivity contribution in [2.75, 3.05) is 27.2 Å². The first-order valence-electron chi connectivity index (χ1n) is 8.48. The van der Waals surface area contributed by atoms with E-state index in [9.17, 15) is 0 Å². The molecule has 1 heterocycles. The van der Waals surface area contributed by atoms with Gasteiger partial charge in [0, 0.05) is 49.4 Å². The van der Waals surface area contributed by atoms with Gasteiger partial charge in [-0.05, 0) is 31.9 Å². The van der Waals surface area contributed by atoms with E-state index < -0.39 is 0 Å². The van der Waals surface area contributed by atoms with E-state index in [1.165, 1.54) is 0 Å². The summed E-state index contributed by atoms with van der Waals surface area (Å²) in [7, 11) is 3.46. The topological polar surface area (TPSA) is 48.9 Å². The minimum atomic E-state index is 0.408. The minimum Gasteiger partial charge on any atom is -0.496 e. The fourth-order valence-corrected chi connectivity index (χ4v) is 3.19. The number of halogens is 1. The van der Waals surface area contributed by atoms with Crippen LogP contribution in [0, 0.1) is 5.92 Å². The molecule has 2 atom stereocenters. The lowest BCUT2D eigenvalue weighted by Crippen LogP contribution is -2.46. The van der Waals surface area contributed by atoms with Gasteiger partial charge in [0.05, 0.1) is 7.11 Å². The lowest BCUT2D eigenvalue weighted by Gasteiger charge is -2.22. The lowest BCUT2D eigenvalue weighted by atomic mass is 10.1. The summed E-state index contributed by atoms with van der Waals surface area (Å²) in [6.07, 6.45) is 0. The summed E-state index contributed by atoms with van der Waals surface area (Å²) >= 11 is 6.01. The van der Waals surface area contributed by atoms with Crippen molar-refractivity contribution in [1.82, 2.24) is 15.5 Å². The fraction of sp³-hybridized carbons (Fsp3) is 0.611. The van der Waals surface area contributed by atoms with Gasteiger partial charge in [0.25, 0.3) is 0 Å². The summed E-state index contributed by atoms with van der Waals surface area (Å²) in [4.78, 5) is 6.85. The standard InChI is InChI=1S/C18H29ClN4O/c1-12(2)23-10-13(3)16(11-23)22-18(20-4)21-9-14-6-7-15(19)8-17(14)24-5/h6-8,12-13,16H,9-11H2,1-5H3,(H2,20,21,22). The highest BCUT2D eigenvalue weighted by Crippen LogP contribution is 2.23. The van der Waals surface area contributed by atoms with Crippen LogP contribution in [-0.2, 0) is 6.54 Å². The third-order valence-electron chi connectivity index (χ3n) is 4.61. The van der Waals surface area contributed by atoms with E-state index in [0.717, 1.165) is 30.4 Å². The van der Waals surface area contributed by atoms with Gasteiger partial charge < -0.3 is 15.4 Å². The first-order chi connectivity index (χ1) is 11.4. The SMILES string of the molecule is CN=C(NCc1ccc(Cl)cc1OC)NC1CN(C(C)C)CC1C. The molecule has 0 saturated carbocycles. The van der Waals surface area contributed by atoms with E-state index >= 15 is 0 Å². The summed E-state index contributed by atoms with van der Waals surface area (Å²) in [6, 6.07) is 6.66. The quantitative estimate of drug-likeness (QED) is 0.632. The zero-order valence-electron chi connectivity index (χ0n) is 15.3. The summed E-state index contributed by atoms with van der Waals surface area (Å²) in [5.74, 6) is 2.19. The molecule has 0 amide bonds. The molecule has 2 N–H and O–H groups in total. The second-order valence-corrected chi connectivity index (χ2v) is 7.09. The molecule has 24 heavy (non-hydrogen) atoms. The van der Waals surface area contributed by atoms with Crippen LogP contribution in [0.5, 0.6) is 5.75 Å². The Morgan fingerprint density at radius 2 is 2.17 bits per heavy atom. The van der Waals surface area contributed by atoms with Gasteiger partial charge in [-0.1, -0.05) is 24.6 Å². The number of hydrogen-bond donors (Lipinski definition) is 2. The van der Waals surface area contributed by atoms with Crippen molar-refractivity contribution < 1.29 is 4.74 Å². The van der Waals surface area contributed by atoms with Gasteiger partial charge in [-0.15, -0.1) is 0 Å². The third kappa shape index (κ3) is 4.77. The Hall–Kier alpha value is -1.46. The molecule has 1 aromatic rings. The van der Waals surface area contributed by atoms with Crippen LogP contribution in [0.2, 0.25) is 5.02 Å². The molecule has 6 heteroatoms. The third-order valence-corrected chi connectivity index (χ3v) is 4.85. The molecular weight excluding hydrogens is 324 g/mol. The second-order valence-electron chi connectivity index (χ2n) is 6.66. The van der Waals surface area contributed by atoms with Crippen LogP contribution >= 0.6 is 11.6 Å². The van der Waals surface area contributed by atoms with Crippen molar-refractivity contribution in [3.8, 4) is 5.75 Å². The van der Waals surface area contributed by atoms with Crippen molar-refractivity contribution in [2.24, 2.45) is 10.9 Å². The zero-order valence-corrected chi connectivity index (χ0v) is 16.0. The van der Waals surface area contributed by atoms with Gasteiger partial charge in [-0.25, -0.2) is 0 Å². The van der Waals surface area contributed by atoms with E-state index in [4.69, 9.17) is 16.3 Å². The molecule has 0 radical (unpaired) electrons. The van der Waals surface area contributed by atoms with Crippen LogP contribution in [0.1, 0.15) is 26.3 Å². The summed E-state index contributed by atoms with van der Waals surface area (Å²) in [5.41, 5.74) is 1.05. The van der Waals surface area contributed by atoms with Crippen molar-refractivity contribution in [2.45, 2.75) is 39.4 Å². The van der Waals surface area contributed by atoms with Crippen molar-refractivity contribution >= 4 is 17.6 Å². The lowest BCUT2D eigenvalue weighted by molar-refractivity contribution is 0.265. The number of guanidine groups is 1. The van der Waals surface area contributed by atoms with E-state index in [0.29, 0.717) is 29.6 Å². The highest BCUT2D eigenvalue weighted by atomic mass is 35.5. The van der Waals surface area contributed by atoms with E-state index in [2.05, 4.69) is 41.3 Å². The zero-order chi connectivity index (χ0) is 17.7. The molecule has 1 saturated heterocycles. The number of hydrogen-bond acceptors (Lipinski definition) is 3. The van der Waals surface area contributed by atoms with E-state index in [1.54, 1.807) is 14.2 Å². The highest BCUT2D eigenvalue weighted by Gasteiger charge is 2.31. The molecule has 0 aromatic heterocycles. The van der Waals surface area contributed by atoms with Gasteiger partial charge in [-0.3, -0.25) is 9.89 Å². The molecular formula is C18H29ClN4O. The maximum Gasteiger partial charge on any atom is 0.191 e. The highest BCUT2D eigenvalue weighted by molar-refractivity contribution is 6.30. The number of ether oxygens (including phenoxy) is 1. The molecule has 1 aromatic carbocycles. The van der Waals surface area contributed by atoms with Crippen LogP contribution in [-0.4, -0.2) is 50.2 Å². The van der Waals surface area contributed by atoms with Gasteiger partial charge in [0.15, 0.2) is 5.96 Å². The average Bonchev–Trinajstić information content (AvgIpc) is 2.93. The number of aliphatic imine (C=N–C) groups is 1. The number of benzene rings is 1. The Labute approximate surface area is 150 Å². The maximum atomic E-state index is 6.01. The second kappa shape index (κ2) is 8.58. The maximum absolute atomic E-state index is 6.01. The van der Waals surface area contributed by atoms with Gasteiger partial charge in [0.2, 0.25) is 0 Å². The van der Waals surface area contributed by atoms with Gasteiger partial charge in [-0.2, -0.15) is 0 Å². The van der Waals surface area contributed by atoms with Crippen LogP contribution in [0.15, 0.2) is 23.2 Å². The first-order valence-corrected chi connectivity index (χ1v) is 8.86. The van der Waals surface area contributed by atoms with Crippen LogP contribution < -0.4 is 15.4 Å². The Morgan fingerprint density at radius 3 is 2.75 bits per heavy atom. The average molecular weight is 353 g/mol. The Balaban J connectivity index is 1.94. The van der Waals surface area contributed by atoms with Crippen LogP contribution in [0.3, 0.4) is 0 Å². The number of rotatable bonds is 5. The normalized spacial score (nSPS) is 22.0. The molecule has 1 aliphatic rings. The van der Waals surface area contributed by atoms with Gasteiger partial charge in [0.1, 0.15) is 5.75 Å². The molecule has 5 nitrogen and oxygen atoms in total. The van der Waals surface area contributed by atoms with Crippen molar-refractivity contribution in [3.05, 3.63) is 28.8 Å². The molecule has 1 aliphatic heterocycles. The first kappa shape index (κ1) is 18.9.